The molecule has 0 unspecified atom stereocenters. The van der Waals surface area contributed by atoms with Gasteiger partial charge in [0, 0.05) is 31.2 Å². The van der Waals surface area contributed by atoms with E-state index in [4.69, 9.17) is 0 Å². The van der Waals surface area contributed by atoms with Crippen molar-refractivity contribution in [3.8, 4) is 0 Å². The molecule has 0 aromatic heterocycles. The van der Waals surface area contributed by atoms with E-state index in [1.165, 1.54) is 5.56 Å². The molecule has 1 atom stereocenters. The second-order valence-corrected chi connectivity index (χ2v) is 4.96. The molecule has 1 amide bonds. The Morgan fingerprint density at radius 3 is 2.83 bits per heavy atom. The molecule has 1 N–H and O–H groups in total. The fraction of sp³-hybridized carbons (Fsp3) is 0.400. The summed E-state index contributed by atoms with van der Waals surface area (Å²) >= 11 is 0. The van der Waals surface area contributed by atoms with Gasteiger partial charge in [0.05, 0.1) is 0 Å². The quantitative estimate of drug-likeness (QED) is 0.821. The Hall–Kier alpha value is -1.61. The van der Waals surface area contributed by atoms with E-state index in [-0.39, 0.29) is 11.9 Å². The van der Waals surface area contributed by atoms with Crippen molar-refractivity contribution < 1.29 is 4.79 Å². The molecule has 1 aliphatic rings. The molecule has 0 saturated carbocycles. The van der Waals surface area contributed by atoms with E-state index in [0.717, 1.165) is 26.1 Å². The first-order chi connectivity index (χ1) is 8.65. The van der Waals surface area contributed by atoms with Crippen LogP contribution < -0.4 is 5.32 Å². The van der Waals surface area contributed by atoms with Crippen LogP contribution in [0.3, 0.4) is 0 Å². The summed E-state index contributed by atoms with van der Waals surface area (Å²) in [6.45, 7) is 8.32. The molecule has 1 aromatic carbocycles. The van der Waals surface area contributed by atoms with Gasteiger partial charge in [-0.25, -0.2) is 0 Å². The van der Waals surface area contributed by atoms with Crippen LogP contribution in [-0.2, 0) is 11.3 Å². The summed E-state index contributed by atoms with van der Waals surface area (Å²) in [7, 11) is 0. The molecule has 0 bridgehead atoms. The lowest BCUT2D eigenvalue weighted by Crippen LogP contribution is -2.37. The molecular weight excluding hydrogens is 224 g/mol. The highest BCUT2D eigenvalue weighted by Gasteiger charge is 2.23. The van der Waals surface area contributed by atoms with Crippen molar-refractivity contribution in [2.75, 3.05) is 13.1 Å². The van der Waals surface area contributed by atoms with Gasteiger partial charge in [-0.15, -0.1) is 0 Å². The largest absolute Gasteiger partial charge is 0.348 e. The van der Waals surface area contributed by atoms with Gasteiger partial charge in [-0.1, -0.05) is 36.9 Å². The van der Waals surface area contributed by atoms with Crippen molar-refractivity contribution in [2.24, 2.45) is 0 Å². The molecule has 0 aliphatic carbocycles. The van der Waals surface area contributed by atoms with Gasteiger partial charge in [0.15, 0.2) is 0 Å². The van der Waals surface area contributed by atoms with Gasteiger partial charge in [0.25, 0.3) is 0 Å². The molecule has 1 heterocycles. The van der Waals surface area contributed by atoms with Crippen LogP contribution in [0.2, 0.25) is 0 Å². The topological polar surface area (TPSA) is 32.3 Å². The summed E-state index contributed by atoms with van der Waals surface area (Å²) in [5.74, 6) is -0.0263. The Balaban J connectivity index is 1.82. The first kappa shape index (κ1) is 12.8. The minimum absolute atomic E-state index is 0.0263. The number of carbonyl (C=O) groups is 1. The number of hydrogen-bond acceptors (Lipinski definition) is 2. The average molecular weight is 244 g/mol. The Morgan fingerprint density at radius 2 is 2.17 bits per heavy atom. The van der Waals surface area contributed by atoms with Crippen LogP contribution >= 0.6 is 0 Å². The first-order valence-corrected chi connectivity index (χ1v) is 6.38. The minimum Gasteiger partial charge on any atom is -0.348 e. The number of benzene rings is 1. The second kappa shape index (κ2) is 5.83. The number of nitrogens with one attached hydrogen (secondary N) is 1. The van der Waals surface area contributed by atoms with E-state index in [1.807, 2.05) is 6.07 Å². The summed E-state index contributed by atoms with van der Waals surface area (Å²) in [4.78, 5) is 13.9. The lowest BCUT2D eigenvalue weighted by atomic mass is 10.2. The van der Waals surface area contributed by atoms with E-state index >= 15 is 0 Å². The molecule has 18 heavy (non-hydrogen) atoms. The normalized spacial score (nSPS) is 19.7. The van der Waals surface area contributed by atoms with Crippen molar-refractivity contribution >= 4 is 5.91 Å². The van der Waals surface area contributed by atoms with Gasteiger partial charge in [-0.05, 0) is 18.9 Å². The van der Waals surface area contributed by atoms with Crippen LogP contribution in [-0.4, -0.2) is 29.9 Å². The predicted octanol–water partition coefficient (Wildman–Crippen LogP) is 1.95. The number of likely N-dealkylation sites (tertiary alicyclic amines) is 1. The first-order valence-electron chi connectivity index (χ1n) is 6.38. The van der Waals surface area contributed by atoms with Gasteiger partial charge >= 0.3 is 0 Å². The third-order valence-electron chi connectivity index (χ3n) is 3.24. The number of nitrogens with zero attached hydrogens (tertiary/aromatic N) is 1. The summed E-state index contributed by atoms with van der Waals surface area (Å²) in [5.41, 5.74) is 1.90. The Morgan fingerprint density at radius 1 is 1.44 bits per heavy atom. The number of hydrogen-bond donors (Lipinski definition) is 1. The van der Waals surface area contributed by atoms with E-state index < -0.39 is 0 Å². The standard InChI is InChI=1S/C15H20N2O/c1-12(2)15(18)16-14-8-9-17(11-14)10-13-6-4-3-5-7-13/h3-7,14H,1,8-11H2,2H3,(H,16,18)/t14-/m1/s1. The van der Waals surface area contributed by atoms with E-state index in [2.05, 4.69) is 41.1 Å². The maximum atomic E-state index is 11.5. The van der Waals surface area contributed by atoms with Crippen molar-refractivity contribution in [2.45, 2.75) is 25.9 Å². The maximum absolute atomic E-state index is 11.5. The highest BCUT2D eigenvalue weighted by molar-refractivity contribution is 5.92. The SMILES string of the molecule is C=C(C)C(=O)N[C@@H]1CCN(Cc2ccccc2)C1. The minimum atomic E-state index is -0.0263. The van der Waals surface area contributed by atoms with Crippen LogP contribution in [0.25, 0.3) is 0 Å². The van der Waals surface area contributed by atoms with Gasteiger partial charge < -0.3 is 5.32 Å². The molecular formula is C15H20N2O. The lowest BCUT2D eigenvalue weighted by Gasteiger charge is -2.16. The number of rotatable bonds is 4. The average Bonchev–Trinajstić information content (AvgIpc) is 2.77. The number of amides is 1. The third-order valence-corrected chi connectivity index (χ3v) is 3.24. The zero-order chi connectivity index (χ0) is 13.0. The lowest BCUT2D eigenvalue weighted by molar-refractivity contribution is -0.118. The molecule has 3 heteroatoms. The third kappa shape index (κ3) is 3.44. The van der Waals surface area contributed by atoms with Crippen molar-refractivity contribution in [1.82, 2.24) is 10.2 Å². The Labute approximate surface area is 108 Å². The van der Waals surface area contributed by atoms with E-state index in [9.17, 15) is 4.79 Å². The molecule has 1 aromatic rings. The Kier molecular flexibility index (Phi) is 4.15. The van der Waals surface area contributed by atoms with Crippen molar-refractivity contribution in [1.29, 1.82) is 0 Å². The van der Waals surface area contributed by atoms with Crippen LogP contribution in [0.5, 0.6) is 0 Å². The predicted molar refractivity (Wildman–Crippen MR) is 73.1 cm³/mol. The molecule has 0 radical (unpaired) electrons. The van der Waals surface area contributed by atoms with Gasteiger partial charge in [0.1, 0.15) is 0 Å². The molecule has 96 valence electrons. The van der Waals surface area contributed by atoms with Gasteiger partial charge in [-0.2, -0.15) is 0 Å². The van der Waals surface area contributed by atoms with Crippen LogP contribution in [0.1, 0.15) is 18.9 Å². The van der Waals surface area contributed by atoms with E-state index in [1.54, 1.807) is 6.92 Å². The van der Waals surface area contributed by atoms with Gasteiger partial charge in [-0.3, -0.25) is 9.69 Å². The maximum Gasteiger partial charge on any atom is 0.246 e. The second-order valence-electron chi connectivity index (χ2n) is 4.96. The molecule has 3 nitrogen and oxygen atoms in total. The van der Waals surface area contributed by atoms with E-state index in [0.29, 0.717) is 5.57 Å². The molecule has 0 spiro atoms. The highest BCUT2D eigenvalue weighted by Crippen LogP contribution is 2.13. The summed E-state index contributed by atoms with van der Waals surface area (Å²) in [6.07, 6.45) is 1.02. The molecule has 1 saturated heterocycles. The smallest absolute Gasteiger partial charge is 0.246 e. The van der Waals surface area contributed by atoms with Crippen LogP contribution in [0.15, 0.2) is 42.5 Å². The van der Waals surface area contributed by atoms with Crippen molar-refractivity contribution in [3.05, 3.63) is 48.0 Å². The highest BCUT2D eigenvalue weighted by atomic mass is 16.1. The van der Waals surface area contributed by atoms with Crippen LogP contribution in [0.4, 0.5) is 0 Å². The monoisotopic (exact) mass is 244 g/mol. The molecule has 2 rings (SSSR count). The zero-order valence-corrected chi connectivity index (χ0v) is 10.9. The molecule has 1 aliphatic heterocycles. The van der Waals surface area contributed by atoms with Crippen LogP contribution in [0, 0.1) is 0 Å². The summed E-state index contributed by atoms with van der Waals surface area (Å²) in [6, 6.07) is 10.7. The molecule has 1 fully saturated rings. The van der Waals surface area contributed by atoms with Gasteiger partial charge in [0.2, 0.25) is 5.91 Å². The number of carbonyl (C=O) groups excluding carboxylic acids is 1. The summed E-state index contributed by atoms with van der Waals surface area (Å²) < 4.78 is 0. The summed E-state index contributed by atoms with van der Waals surface area (Å²) in [5, 5.41) is 3.01. The fourth-order valence-electron chi connectivity index (χ4n) is 2.24. The fourth-order valence-corrected chi connectivity index (χ4v) is 2.24. The zero-order valence-electron chi connectivity index (χ0n) is 10.9. The van der Waals surface area contributed by atoms with Crippen molar-refractivity contribution in [3.63, 3.8) is 0 Å². The Bertz CT molecular complexity index is 427.